The van der Waals surface area contributed by atoms with Crippen molar-refractivity contribution < 1.29 is 24.2 Å². The minimum Gasteiger partial charge on any atom is -0.439 e. The van der Waals surface area contributed by atoms with Gasteiger partial charge in [-0.2, -0.15) is 5.10 Å². The average Bonchev–Trinajstić information content (AvgIpc) is 3.01. The number of carbonyl (C=O) groups excluding carboxylic acids is 3. The van der Waals surface area contributed by atoms with Gasteiger partial charge < -0.3 is 20.9 Å². The molecule has 0 aliphatic carbocycles. The van der Waals surface area contributed by atoms with E-state index in [4.69, 9.17) is 22.4 Å². The molecule has 0 spiro atoms. The molecule has 1 atom stereocenters. The fourth-order valence-corrected chi connectivity index (χ4v) is 2.66. The third-order valence-electron chi connectivity index (χ3n) is 3.65. The molecule has 0 fully saturated rings. The Morgan fingerprint density at radius 2 is 2.11 bits per heavy atom. The van der Waals surface area contributed by atoms with Crippen LogP contribution in [0.3, 0.4) is 0 Å². The molecule has 1 heterocycles. The minimum atomic E-state index is -1.06. The molecule has 4 N–H and O–H groups in total. The van der Waals surface area contributed by atoms with E-state index < -0.39 is 23.9 Å². The molecule has 27 heavy (non-hydrogen) atoms. The number of nitrogens with zero attached hydrogens (tertiary/aromatic N) is 2. The smallest absolute Gasteiger partial charge is 0.405 e. The second kappa shape index (κ2) is 9.15. The van der Waals surface area contributed by atoms with E-state index >= 15 is 0 Å². The van der Waals surface area contributed by atoms with Crippen LogP contribution >= 0.6 is 11.6 Å². The van der Waals surface area contributed by atoms with Crippen LogP contribution in [0.4, 0.5) is 10.6 Å². The van der Waals surface area contributed by atoms with Crippen LogP contribution < -0.4 is 11.1 Å². The van der Waals surface area contributed by atoms with Crippen molar-refractivity contribution >= 4 is 35.2 Å². The number of aliphatic hydroxyl groups is 1. The Bertz CT molecular complexity index is 852. The largest absolute Gasteiger partial charge is 0.439 e. The number of amides is 2. The molecule has 1 aromatic carbocycles. The number of aliphatic hydroxyl groups excluding tert-OH is 1. The number of primary amides is 1. The first-order chi connectivity index (χ1) is 12.8. The highest BCUT2D eigenvalue weighted by atomic mass is 35.5. The van der Waals surface area contributed by atoms with Crippen LogP contribution in [0.2, 0.25) is 5.02 Å². The van der Waals surface area contributed by atoms with Gasteiger partial charge in [0.15, 0.2) is 17.7 Å². The molecule has 2 amide bonds. The lowest BCUT2D eigenvalue weighted by Crippen LogP contribution is -2.29. The zero-order valence-electron chi connectivity index (χ0n) is 14.5. The normalized spacial score (nSPS) is 11.7. The van der Waals surface area contributed by atoms with E-state index in [9.17, 15) is 14.4 Å². The van der Waals surface area contributed by atoms with E-state index in [1.54, 1.807) is 24.4 Å². The van der Waals surface area contributed by atoms with E-state index in [2.05, 4.69) is 15.2 Å². The van der Waals surface area contributed by atoms with Crippen molar-refractivity contribution in [1.82, 2.24) is 9.78 Å². The topological polar surface area (TPSA) is 137 Å². The van der Waals surface area contributed by atoms with Crippen LogP contribution in [-0.2, 0) is 22.5 Å². The van der Waals surface area contributed by atoms with Crippen LogP contribution in [0.5, 0.6) is 0 Å². The summed E-state index contributed by atoms with van der Waals surface area (Å²) in [5.41, 5.74) is 5.41. The van der Waals surface area contributed by atoms with Gasteiger partial charge in [0.1, 0.15) is 0 Å². The van der Waals surface area contributed by atoms with E-state index in [0.717, 1.165) is 0 Å². The van der Waals surface area contributed by atoms with Crippen molar-refractivity contribution in [2.45, 2.75) is 26.0 Å². The quantitative estimate of drug-likeness (QED) is 0.618. The maximum Gasteiger partial charge on any atom is 0.405 e. The Morgan fingerprint density at radius 3 is 2.78 bits per heavy atom. The van der Waals surface area contributed by atoms with Gasteiger partial charge in [0.2, 0.25) is 0 Å². The summed E-state index contributed by atoms with van der Waals surface area (Å²) in [5.74, 6) is -0.700. The van der Waals surface area contributed by atoms with E-state index in [1.165, 1.54) is 17.7 Å². The summed E-state index contributed by atoms with van der Waals surface area (Å²) in [6, 6.07) is 6.29. The number of ketones is 1. The van der Waals surface area contributed by atoms with Gasteiger partial charge in [-0.15, -0.1) is 0 Å². The monoisotopic (exact) mass is 394 g/mol. The Morgan fingerprint density at radius 1 is 1.37 bits per heavy atom. The molecule has 0 saturated carbocycles. The minimum absolute atomic E-state index is 0.0859. The molecule has 0 aliphatic heterocycles. The molecule has 9 nitrogen and oxygen atoms in total. The lowest BCUT2D eigenvalue weighted by molar-refractivity contribution is -0.125. The fraction of sp³-hybridized carbons (Fsp3) is 0.294. The Labute approximate surface area is 160 Å². The second-order valence-electron chi connectivity index (χ2n) is 5.64. The number of ether oxygens (including phenoxy) is 1. The van der Waals surface area contributed by atoms with Crippen molar-refractivity contribution in [1.29, 1.82) is 0 Å². The third kappa shape index (κ3) is 5.53. The summed E-state index contributed by atoms with van der Waals surface area (Å²) < 4.78 is 6.13. The number of nitrogens with one attached hydrogen (secondary N) is 1. The Hall–Kier alpha value is -2.91. The van der Waals surface area contributed by atoms with Crippen molar-refractivity contribution in [2.24, 2.45) is 5.73 Å². The lowest BCUT2D eigenvalue weighted by Gasteiger charge is -2.13. The first kappa shape index (κ1) is 20.4. The molecule has 0 aliphatic rings. The van der Waals surface area contributed by atoms with E-state index in [0.29, 0.717) is 12.1 Å². The van der Waals surface area contributed by atoms with Gasteiger partial charge >= 0.3 is 6.09 Å². The predicted octanol–water partition coefficient (Wildman–Crippen LogP) is 1.38. The molecule has 1 unspecified atom stereocenters. The third-order valence-corrected chi connectivity index (χ3v) is 3.96. The highest BCUT2D eigenvalue weighted by Crippen LogP contribution is 2.22. The van der Waals surface area contributed by atoms with Gasteiger partial charge in [-0.05, 0) is 18.6 Å². The number of nitrogens with two attached hydrogens (primary N) is 1. The van der Waals surface area contributed by atoms with Crippen LogP contribution in [0.25, 0.3) is 0 Å². The number of carbonyl (C=O) groups is 3. The molecular weight excluding hydrogens is 376 g/mol. The first-order valence-electron chi connectivity index (χ1n) is 8.03. The summed E-state index contributed by atoms with van der Waals surface area (Å²) in [5, 5.41) is 15.8. The van der Waals surface area contributed by atoms with Crippen LogP contribution in [0.1, 0.15) is 22.8 Å². The van der Waals surface area contributed by atoms with Crippen LogP contribution in [0, 0.1) is 0 Å². The lowest BCUT2D eigenvalue weighted by atomic mass is 9.99. The number of rotatable bonds is 8. The second-order valence-corrected chi connectivity index (χ2v) is 6.05. The molecule has 10 heteroatoms. The number of anilines is 1. The van der Waals surface area contributed by atoms with E-state index in [1.807, 2.05) is 0 Å². The molecule has 144 valence electrons. The number of benzene rings is 1. The van der Waals surface area contributed by atoms with Gasteiger partial charge in [0, 0.05) is 18.7 Å². The van der Waals surface area contributed by atoms with Gasteiger partial charge in [0.25, 0.3) is 5.91 Å². The summed E-state index contributed by atoms with van der Waals surface area (Å²) in [7, 11) is 0. The van der Waals surface area contributed by atoms with E-state index in [-0.39, 0.29) is 29.4 Å². The molecule has 2 aromatic rings. The Balaban J connectivity index is 2.19. The van der Waals surface area contributed by atoms with Gasteiger partial charge in [0.05, 0.1) is 23.7 Å². The summed E-state index contributed by atoms with van der Waals surface area (Å²) in [6.07, 6.45) is -0.674. The number of Topliss-reactive ketones (excluding diaryl/α,β-unsaturated/α-hetero) is 1. The Kier molecular flexibility index (Phi) is 6.91. The van der Waals surface area contributed by atoms with Crippen molar-refractivity contribution in [2.75, 3.05) is 11.9 Å². The van der Waals surface area contributed by atoms with Crippen molar-refractivity contribution in [3.05, 3.63) is 46.6 Å². The zero-order chi connectivity index (χ0) is 20.0. The standard InChI is InChI=1S/C17H19ClN4O5/c1-10(27-17(19)26)13(24)9-11-3-2-4-12(18)15(11)16(25)20-14-5-6-22(21-14)7-8-23/h2-6,10,23H,7-9H2,1H3,(H2,19,26)(H,20,21,25). The molecule has 2 rings (SSSR count). The summed E-state index contributed by atoms with van der Waals surface area (Å²) in [4.78, 5) is 35.6. The number of halogens is 1. The summed E-state index contributed by atoms with van der Waals surface area (Å²) >= 11 is 6.16. The maximum atomic E-state index is 12.6. The molecule has 1 aromatic heterocycles. The number of hydrogen-bond donors (Lipinski definition) is 3. The molecule has 0 bridgehead atoms. The first-order valence-corrected chi connectivity index (χ1v) is 8.41. The zero-order valence-corrected chi connectivity index (χ0v) is 15.3. The van der Waals surface area contributed by atoms with Crippen LogP contribution in [0.15, 0.2) is 30.5 Å². The molecule has 0 saturated heterocycles. The van der Waals surface area contributed by atoms with Crippen molar-refractivity contribution in [3.63, 3.8) is 0 Å². The number of hydrogen-bond acceptors (Lipinski definition) is 6. The highest BCUT2D eigenvalue weighted by Gasteiger charge is 2.22. The summed E-state index contributed by atoms with van der Waals surface area (Å²) in [6.45, 7) is 1.60. The maximum absolute atomic E-state index is 12.6. The number of aromatic nitrogens is 2. The van der Waals surface area contributed by atoms with Gasteiger partial charge in [-0.3, -0.25) is 14.3 Å². The predicted molar refractivity (Wildman–Crippen MR) is 97.6 cm³/mol. The van der Waals surface area contributed by atoms with Gasteiger partial charge in [-0.1, -0.05) is 23.7 Å². The molecule has 0 radical (unpaired) electrons. The molecular formula is C17H19ClN4O5. The highest BCUT2D eigenvalue weighted by molar-refractivity contribution is 6.34. The van der Waals surface area contributed by atoms with Crippen LogP contribution in [-0.4, -0.2) is 45.4 Å². The SMILES string of the molecule is CC(OC(N)=O)C(=O)Cc1cccc(Cl)c1C(=O)Nc1ccn(CCO)n1. The van der Waals surface area contributed by atoms with Crippen molar-refractivity contribution in [3.8, 4) is 0 Å². The van der Waals surface area contributed by atoms with Gasteiger partial charge in [-0.25, -0.2) is 4.79 Å². The fourth-order valence-electron chi connectivity index (χ4n) is 2.38. The average molecular weight is 395 g/mol.